The second kappa shape index (κ2) is 7.21. The largest absolute Gasteiger partial charge is 0.416 e. The molecule has 0 bridgehead atoms. The van der Waals surface area contributed by atoms with E-state index in [1.807, 2.05) is 13.8 Å². The maximum Gasteiger partial charge on any atom is 0.299 e. The van der Waals surface area contributed by atoms with Gasteiger partial charge in [-0.1, -0.05) is 0 Å². The lowest BCUT2D eigenvalue weighted by molar-refractivity contribution is -0.0889. The molecule has 0 aliphatic carbocycles. The Hall–Kier alpha value is 0.0969. The van der Waals surface area contributed by atoms with Crippen molar-refractivity contribution >= 4 is 9.76 Å². The first-order valence-corrected chi connectivity index (χ1v) is 4.35. The van der Waals surface area contributed by atoms with Crippen LogP contribution in [-0.2, 0) is 13.9 Å². The average Bonchev–Trinajstić information content (AvgIpc) is 1.90. The fourth-order valence-corrected chi connectivity index (χ4v) is 1.18. The molecule has 10 heavy (non-hydrogen) atoms. The second-order valence-electron chi connectivity index (χ2n) is 1.56. The molecule has 3 nitrogen and oxygen atoms in total. The van der Waals surface area contributed by atoms with Crippen molar-refractivity contribution in [3.05, 3.63) is 0 Å². The van der Waals surface area contributed by atoms with Gasteiger partial charge in [-0.3, -0.25) is 0 Å². The van der Waals surface area contributed by atoms with E-state index in [-0.39, 0.29) is 15.7 Å². The Morgan fingerprint density at radius 2 is 1.70 bits per heavy atom. The van der Waals surface area contributed by atoms with Gasteiger partial charge >= 0.3 is 0 Å². The predicted molar refractivity (Wildman–Crippen MR) is 39.8 cm³/mol. The van der Waals surface area contributed by atoms with Crippen molar-refractivity contribution in [3.63, 3.8) is 0 Å². The fourth-order valence-electron chi connectivity index (χ4n) is 0.515. The molecular weight excluding hydrogens is 148 g/mol. The van der Waals surface area contributed by atoms with E-state index in [2.05, 4.69) is 0 Å². The molecule has 0 atom stereocenters. The Balaban J connectivity index is 3.30. The lowest BCUT2D eigenvalue weighted by atomic mass is 10.9. The molecule has 0 N–H and O–H groups in total. The van der Waals surface area contributed by atoms with Crippen LogP contribution in [-0.4, -0.2) is 36.0 Å². The van der Waals surface area contributed by atoms with Crippen LogP contribution in [0.4, 0.5) is 0 Å². The molecule has 0 amide bonds. The van der Waals surface area contributed by atoms with Crippen molar-refractivity contribution < 1.29 is 13.9 Å². The van der Waals surface area contributed by atoms with Gasteiger partial charge in [-0.15, -0.1) is 0 Å². The average molecular weight is 162 g/mol. The summed E-state index contributed by atoms with van der Waals surface area (Å²) >= 11 is 0. The summed E-state index contributed by atoms with van der Waals surface area (Å²) in [6.45, 7) is 5.21. The van der Waals surface area contributed by atoms with Crippen molar-refractivity contribution in [2.45, 2.75) is 19.8 Å². The van der Waals surface area contributed by atoms with E-state index in [1.54, 1.807) is 7.11 Å². The zero-order valence-corrected chi connectivity index (χ0v) is 7.72. The molecule has 2 radical (unpaired) electrons. The normalized spacial score (nSPS) is 10.8. The van der Waals surface area contributed by atoms with Crippen LogP contribution < -0.4 is 0 Å². The highest BCUT2D eigenvalue weighted by molar-refractivity contribution is 6.28. The van der Waals surface area contributed by atoms with Crippen LogP contribution in [0.25, 0.3) is 0 Å². The first-order valence-electron chi connectivity index (χ1n) is 3.36. The minimum Gasteiger partial charge on any atom is -0.416 e. The summed E-state index contributed by atoms with van der Waals surface area (Å²) < 4.78 is 15.3. The van der Waals surface area contributed by atoms with E-state index < -0.39 is 0 Å². The van der Waals surface area contributed by atoms with E-state index in [0.717, 1.165) is 0 Å². The molecule has 0 aromatic heterocycles. The van der Waals surface area contributed by atoms with Crippen molar-refractivity contribution in [1.29, 1.82) is 0 Å². The molecule has 0 rings (SSSR count). The molecule has 0 aromatic carbocycles. The van der Waals surface area contributed by atoms with Crippen LogP contribution in [0, 0.1) is 0 Å². The van der Waals surface area contributed by atoms with E-state index >= 15 is 0 Å². The summed E-state index contributed by atoms with van der Waals surface area (Å²) in [5.41, 5.74) is 0. The molecule has 0 aromatic rings. The third-order valence-electron chi connectivity index (χ3n) is 0.850. The first kappa shape index (κ1) is 10.1. The highest BCUT2D eigenvalue weighted by Gasteiger charge is 2.08. The van der Waals surface area contributed by atoms with Crippen LogP contribution in [0.3, 0.4) is 0 Å². The predicted octanol–water partition coefficient (Wildman–Crippen LogP) is 0.609. The molecule has 0 aliphatic heterocycles. The number of ether oxygens (including phenoxy) is 2. The minimum atomic E-state index is -0.167. The van der Waals surface area contributed by atoms with Gasteiger partial charge in [-0.2, -0.15) is 0 Å². The standard InChI is InChI=1S/C6H14O3Si/c1-4-8-6(9-5-2)10-7-3/h6H,4-5H2,1-3H3. The van der Waals surface area contributed by atoms with Gasteiger partial charge in [0.05, 0.1) is 0 Å². The van der Waals surface area contributed by atoms with E-state index in [0.29, 0.717) is 13.2 Å². The summed E-state index contributed by atoms with van der Waals surface area (Å²) in [7, 11) is 1.92. The van der Waals surface area contributed by atoms with Crippen molar-refractivity contribution in [2.75, 3.05) is 20.3 Å². The van der Waals surface area contributed by atoms with Crippen LogP contribution >= 0.6 is 0 Å². The lowest BCUT2D eigenvalue weighted by Crippen LogP contribution is -2.25. The molecule has 4 heteroatoms. The van der Waals surface area contributed by atoms with Gasteiger partial charge in [-0.05, 0) is 13.8 Å². The molecule has 0 heterocycles. The topological polar surface area (TPSA) is 27.7 Å². The quantitative estimate of drug-likeness (QED) is 0.423. The molecular formula is C6H14O3Si. The Kier molecular flexibility index (Phi) is 7.28. The maximum atomic E-state index is 5.19. The van der Waals surface area contributed by atoms with Gasteiger partial charge in [0.1, 0.15) is 0 Å². The second-order valence-corrected chi connectivity index (χ2v) is 2.68. The molecule has 0 unspecified atom stereocenters. The summed E-state index contributed by atoms with van der Waals surface area (Å²) in [6, 6.07) is 0. The van der Waals surface area contributed by atoms with Gasteiger partial charge in [0, 0.05) is 20.3 Å². The summed E-state index contributed by atoms with van der Waals surface area (Å²) in [6.07, 6.45) is 0. The Bertz CT molecular complexity index is 55.7. The van der Waals surface area contributed by atoms with E-state index in [9.17, 15) is 0 Å². The van der Waals surface area contributed by atoms with Crippen LogP contribution in [0.1, 0.15) is 13.8 Å². The monoisotopic (exact) mass is 162 g/mol. The Morgan fingerprint density at radius 3 is 2.00 bits per heavy atom. The van der Waals surface area contributed by atoms with Gasteiger partial charge < -0.3 is 13.9 Å². The lowest BCUT2D eigenvalue weighted by Gasteiger charge is -2.13. The third kappa shape index (κ3) is 4.93. The van der Waals surface area contributed by atoms with Crippen molar-refractivity contribution in [1.82, 2.24) is 0 Å². The smallest absolute Gasteiger partial charge is 0.299 e. The van der Waals surface area contributed by atoms with Gasteiger partial charge in [0.15, 0.2) is 5.91 Å². The third-order valence-corrected chi connectivity index (χ3v) is 1.61. The highest BCUT2D eigenvalue weighted by Crippen LogP contribution is 1.92. The number of hydrogen-bond acceptors (Lipinski definition) is 3. The maximum absolute atomic E-state index is 5.19. The first-order chi connectivity index (χ1) is 4.85. The molecule has 0 spiro atoms. The number of rotatable bonds is 6. The van der Waals surface area contributed by atoms with Gasteiger partial charge in [0.2, 0.25) is 0 Å². The molecule has 0 fully saturated rings. The summed E-state index contributed by atoms with van der Waals surface area (Å²) in [4.78, 5) is 0. The zero-order valence-electron chi connectivity index (χ0n) is 6.72. The van der Waals surface area contributed by atoms with Gasteiger partial charge in [0.25, 0.3) is 9.76 Å². The minimum absolute atomic E-state index is 0.167. The van der Waals surface area contributed by atoms with Crippen molar-refractivity contribution in [3.8, 4) is 0 Å². The van der Waals surface area contributed by atoms with Crippen molar-refractivity contribution in [2.24, 2.45) is 0 Å². The molecule has 0 saturated carbocycles. The van der Waals surface area contributed by atoms with Crippen LogP contribution in [0.5, 0.6) is 0 Å². The molecule has 0 saturated heterocycles. The SMILES string of the molecule is CCOC(OCC)[Si]OC. The Labute approximate surface area is 64.6 Å². The molecule has 0 aliphatic rings. The number of hydrogen-bond donors (Lipinski definition) is 0. The van der Waals surface area contributed by atoms with Gasteiger partial charge in [-0.25, -0.2) is 0 Å². The fraction of sp³-hybridized carbons (Fsp3) is 1.00. The zero-order chi connectivity index (χ0) is 7.82. The van der Waals surface area contributed by atoms with Crippen LogP contribution in [0.15, 0.2) is 0 Å². The van der Waals surface area contributed by atoms with E-state index in [1.165, 1.54) is 0 Å². The highest BCUT2D eigenvalue weighted by atomic mass is 28.2. The van der Waals surface area contributed by atoms with E-state index in [4.69, 9.17) is 13.9 Å². The summed E-state index contributed by atoms with van der Waals surface area (Å²) in [5, 5.41) is 0. The molecule has 60 valence electrons. The Morgan fingerprint density at radius 1 is 1.20 bits per heavy atom. The summed E-state index contributed by atoms with van der Waals surface area (Å²) in [5.74, 6) is -0.167. The van der Waals surface area contributed by atoms with Crippen LogP contribution in [0.2, 0.25) is 0 Å².